The van der Waals surface area contributed by atoms with Crippen LogP contribution in [0, 0.1) is 13.8 Å². The quantitative estimate of drug-likeness (QED) is 0.281. The summed E-state index contributed by atoms with van der Waals surface area (Å²) in [4.78, 5) is 30.9. The molecule has 2 aromatic heterocycles. The van der Waals surface area contributed by atoms with Gasteiger partial charge >= 0.3 is 5.56 Å². The Morgan fingerprint density at radius 1 is 1.00 bits per heavy atom. The molecule has 164 valence electrons. The van der Waals surface area contributed by atoms with Crippen molar-refractivity contribution in [1.82, 2.24) is 9.55 Å². The van der Waals surface area contributed by atoms with E-state index in [-0.39, 0.29) is 22.8 Å². The standard InChI is InChI=1S/C26H21N3O3S/c1-16-7-5-9-18(13-16)27-22(30)15-33-26-28-23-20-11-3-4-12-21(20)32-24(23)25(31)29(26)19-10-6-8-17(2)14-19/h3-14H,15H2,1-2H3,(H,27,30). The summed E-state index contributed by atoms with van der Waals surface area (Å²) in [7, 11) is 0. The lowest BCUT2D eigenvalue weighted by molar-refractivity contribution is -0.113. The van der Waals surface area contributed by atoms with E-state index in [1.54, 1.807) is 0 Å². The fourth-order valence-electron chi connectivity index (χ4n) is 3.76. The Morgan fingerprint density at radius 2 is 1.76 bits per heavy atom. The predicted octanol–water partition coefficient (Wildman–Crippen LogP) is 5.48. The van der Waals surface area contributed by atoms with E-state index in [1.165, 1.54) is 16.3 Å². The van der Waals surface area contributed by atoms with Gasteiger partial charge in [-0.25, -0.2) is 4.98 Å². The van der Waals surface area contributed by atoms with Crippen LogP contribution in [0.4, 0.5) is 5.69 Å². The molecule has 0 unspecified atom stereocenters. The smallest absolute Gasteiger partial charge is 0.302 e. The molecule has 3 aromatic carbocycles. The number of carbonyl (C=O) groups is 1. The number of aryl methyl sites for hydroxylation is 2. The minimum atomic E-state index is -0.302. The van der Waals surface area contributed by atoms with Gasteiger partial charge in [0.05, 0.1) is 11.4 Å². The normalized spacial score (nSPS) is 11.2. The number of nitrogens with one attached hydrogen (secondary N) is 1. The zero-order chi connectivity index (χ0) is 22.9. The van der Waals surface area contributed by atoms with E-state index in [0.717, 1.165) is 22.2 Å². The average molecular weight is 456 g/mol. The zero-order valence-electron chi connectivity index (χ0n) is 18.2. The van der Waals surface area contributed by atoms with Crippen molar-refractivity contribution >= 4 is 45.4 Å². The zero-order valence-corrected chi connectivity index (χ0v) is 19.0. The molecule has 0 saturated carbocycles. The molecule has 0 bridgehead atoms. The molecule has 1 N–H and O–H groups in total. The van der Waals surface area contributed by atoms with Gasteiger partial charge in [0.25, 0.3) is 0 Å². The molecular formula is C26H21N3O3S. The maximum absolute atomic E-state index is 13.5. The lowest BCUT2D eigenvalue weighted by atomic mass is 10.2. The molecule has 33 heavy (non-hydrogen) atoms. The molecule has 6 nitrogen and oxygen atoms in total. The molecule has 0 aliphatic rings. The molecule has 0 radical (unpaired) electrons. The molecular weight excluding hydrogens is 434 g/mol. The van der Waals surface area contributed by atoms with Gasteiger partial charge in [-0.2, -0.15) is 0 Å². The van der Waals surface area contributed by atoms with Crippen LogP contribution < -0.4 is 10.9 Å². The third kappa shape index (κ3) is 4.15. The SMILES string of the molecule is Cc1cccc(NC(=O)CSc2nc3c(oc4ccccc43)c(=O)n2-c2cccc(C)c2)c1. The Bertz CT molecular complexity index is 1570. The monoisotopic (exact) mass is 455 g/mol. The summed E-state index contributed by atoms with van der Waals surface area (Å²) in [6, 6.07) is 22.7. The number of amides is 1. The molecule has 5 aromatic rings. The molecule has 0 aliphatic heterocycles. The first kappa shape index (κ1) is 21.0. The third-order valence-corrected chi connectivity index (χ3v) is 6.20. The number of rotatable bonds is 5. The van der Waals surface area contributed by atoms with Crippen LogP contribution in [0.3, 0.4) is 0 Å². The first-order valence-corrected chi connectivity index (χ1v) is 11.5. The van der Waals surface area contributed by atoms with Gasteiger partial charge in [-0.15, -0.1) is 0 Å². The van der Waals surface area contributed by atoms with Crippen LogP contribution in [0.15, 0.2) is 87.2 Å². The van der Waals surface area contributed by atoms with Gasteiger partial charge in [0, 0.05) is 11.1 Å². The van der Waals surface area contributed by atoms with Crippen LogP contribution in [0.5, 0.6) is 0 Å². The second-order valence-corrected chi connectivity index (χ2v) is 8.80. The highest BCUT2D eigenvalue weighted by Gasteiger charge is 2.19. The van der Waals surface area contributed by atoms with Gasteiger partial charge in [0.2, 0.25) is 11.5 Å². The van der Waals surface area contributed by atoms with E-state index in [0.29, 0.717) is 21.9 Å². The minimum Gasteiger partial charge on any atom is -0.448 e. The van der Waals surface area contributed by atoms with Crippen LogP contribution in [0.1, 0.15) is 11.1 Å². The predicted molar refractivity (Wildman–Crippen MR) is 132 cm³/mol. The van der Waals surface area contributed by atoms with E-state index in [9.17, 15) is 9.59 Å². The number of hydrogen-bond donors (Lipinski definition) is 1. The van der Waals surface area contributed by atoms with Gasteiger partial charge in [-0.1, -0.05) is 48.2 Å². The van der Waals surface area contributed by atoms with E-state index >= 15 is 0 Å². The molecule has 0 saturated heterocycles. The number of benzene rings is 3. The second kappa shape index (κ2) is 8.60. The minimum absolute atomic E-state index is 0.105. The molecule has 7 heteroatoms. The largest absolute Gasteiger partial charge is 0.448 e. The van der Waals surface area contributed by atoms with Crippen LogP contribution in [0.25, 0.3) is 27.8 Å². The maximum Gasteiger partial charge on any atom is 0.302 e. The lowest BCUT2D eigenvalue weighted by Gasteiger charge is -2.12. The fourth-order valence-corrected chi connectivity index (χ4v) is 4.57. The van der Waals surface area contributed by atoms with E-state index in [4.69, 9.17) is 9.40 Å². The Kier molecular flexibility index (Phi) is 5.48. The van der Waals surface area contributed by atoms with Crippen molar-refractivity contribution in [2.45, 2.75) is 19.0 Å². The van der Waals surface area contributed by atoms with Crippen molar-refractivity contribution in [2.24, 2.45) is 0 Å². The van der Waals surface area contributed by atoms with Crippen LogP contribution in [-0.4, -0.2) is 21.2 Å². The van der Waals surface area contributed by atoms with Gasteiger partial charge in [-0.3, -0.25) is 14.2 Å². The molecule has 0 atom stereocenters. The third-order valence-electron chi connectivity index (χ3n) is 5.26. The number of thioether (sulfide) groups is 1. The van der Waals surface area contributed by atoms with Gasteiger partial charge in [0.1, 0.15) is 11.1 Å². The molecule has 2 heterocycles. The number of furan rings is 1. The van der Waals surface area contributed by atoms with Crippen molar-refractivity contribution in [2.75, 3.05) is 11.1 Å². The number of para-hydroxylation sites is 1. The van der Waals surface area contributed by atoms with Gasteiger partial charge < -0.3 is 9.73 Å². The summed E-state index contributed by atoms with van der Waals surface area (Å²) in [5.74, 6) is -0.0687. The van der Waals surface area contributed by atoms with E-state index < -0.39 is 0 Å². The molecule has 5 rings (SSSR count). The Balaban J connectivity index is 1.57. The molecule has 0 spiro atoms. The van der Waals surface area contributed by atoms with Crippen molar-refractivity contribution in [3.63, 3.8) is 0 Å². The average Bonchev–Trinajstić information content (AvgIpc) is 3.17. The van der Waals surface area contributed by atoms with Crippen molar-refractivity contribution in [3.05, 3.63) is 94.3 Å². The number of carbonyl (C=O) groups excluding carboxylic acids is 1. The number of fused-ring (bicyclic) bond motifs is 3. The van der Waals surface area contributed by atoms with Crippen molar-refractivity contribution < 1.29 is 9.21 Å². The van der Waals surface area contributed by atoms with Crippen LogP contribution >= 0.6 is 11.8 Å². The van der Waals surface area contributed by atoms with Crippen molar-refractivity contribution in [1.29, 1.82) is 0 Å². The first-order chi connectivity index (χ1) is 16.0. The van der Waals surface area contributed by atoms with Crippen LogP contribution in [-0.2, 0) is 4.79 Å². The highest BCUT2D eigenvalue weighted by molar-refractivity contribution is 7.99. The topological polar surface area (TPSA) is 77.1 Å². The number of hydrogen-bond acceptors (Lipinski definition) is 5. The Morgan fingerprint density at radius 3 is 2.55 bits per heavy atom. The molecule has 0 aliphatic carbocycles. The summed E-state index contributed by atoms with van der Waals surface area (Å²) in [5.41, 5.74) is 4.49. The van der Waals surface area contributed by atoms with Crippen LogP contribution in [0.2, 0.25) is 0 Å². The molecule has 1 amide bonds. The van der Waals surface area contributed by atoms with Gasteiger partial charge in [0.15, 0.2) is 5.16 Å². The summed E-state index contributed by atoms with van der Waals surface area (Å²) in [5, 5.41) is 4.11. The second-order valence-electron chi connectivity index (χ2n) is 7.86. The Hall–Kier alpha value is -3.84. The molecule has 0 fully saturated rings. The summed E-state index contributed by atoms with van der Waals surface area (Å²) in [6.45, 7) is 3.93. The van der Waals surface area contributed by atoms with Gasteiger partial charge in [-0.05, 0) is 61.4 Å². The highest BCUT2D eigenvalue weighted by Crippen LogP contribution is 2.28. The number of aromatic nitrogens is 2. The Labute approximate surface area is 194 Å². The lowest BCUT2D eigenvalue weighted by Crippen LogP contribution is -2.22. The number of anilines is 1. The first-order valence-electron chi connectivity index (χ1n) is 10.5. The summed E-state index contributed by atoms with van der Waals surface area (Å²) in [6.07, 6.45) is 0. The maximum atomic E-state index is 13.5. The number of nitrogens with zero attached hydrogens (tertiary/aromatic N) is 2. The highest BCUT2D eigenvalue weighted by atomic mass is 32.2. The fraction of sp³-hybridized carbons (Fsp3) is 0.115. The summed E-state index contributed by atoms with van der Waals surface area (Å²) >= 11 is 1.22. The van der Waals surface area contributed by atoms with Crippen molar-refractivity contribution in [3.8, 4) is 5.69 Å². The summed E-state index contributed by atoms with van der Waals surface area (Å²) < 4.78 is 7.38. The van der Waals surface area contributed by atoms with E-state index in [1.807, 2.05) is 86.6 Å². The van der Waals surface area contributed by atoms with E-state index in [2.05, 4.69) is 5.32 Å².